The lowest BCUT2D eigenvalue weighted by Crippen LogP contribution is -2.12. The third-order valence-electron chi connectivity index (χ3n) is 3.59. The number of Topliss-reactive ketones (excluding diaryl/α,β-unsaturated/α-hetero) is 2. The number of hydrogen-bond acceptors (Lipinski definition) is 6. The van der Waals surface area contributed by atoms with Gasteiger partial charge in [0, 0.05) is 6.92 Å². The predicted octanol–water partition coefficient (Wildman–Crippen LogP) is 3.60. The average Bonchev–Trinajstić information content (AvgIpc) is 2.52. The Labute approximate surface area is 150 Å². The molecule has 2 rings (SSSR count). The smallest absolute Gasteiger partial charge is 0.308 e. The van der Waals surface area contributed by atoms with Crippen LogP contribution in [0.5, 0.6) is 17.2 Å². The van der Waals surface area contributed by atoms with Crippen molar-refractivity contribution in [1.82, 2.24) is 0 Å². The number of ketones is 2. The first-order valence-corrected chi connectivity index (χ1v) is 7.78. The van der Waals surface area contributed by atoms with Crippen LogP contribution in [0.1, 0.15) is 52.6 Å². The van der Waals surface area contributed by atoms with Gasteiger partial charge in [-0.2, -0.15) is 0 Å². The largest absolute Gasteiger partial charge is 0.508 e. The van der Waals surface area contributed by atoms with Gasteiger partial charge < -0.3 is 14.9 Å². The summed E-state index contributed by atoms with van der Waals surface area (Å²) in [5.41, 5.74) is 0.844. The highest BCUT2D eigenvalue weighted by Crippen LogP contribution is 2.36. The van der Waals surface area contributed by atoms with Crippen molar-refractivity contribution in [2.24, 2.45) is 0 Å². The van der Waals surface area contributed by atoms with E-state index in [0.29, 0.717) is 5.56 Å². The summed E-state index contributed by atoms with van der Waals surface area (Å²) in [5.74, 6) is -2.18. The number of phenolic OH excluding ortho intramolecular Hbond substituents is 2. The first kappa shape index (κ1) is 18.9. The minimum Gasteiger partial charge on any atom is -0.508 e. The van der Waals surface area contributed by atoms with Gasteiger partial charge in [0.15, 0.2) is 17.3 Å². The number of phenols is 2. The van der Waals surface area contributed by atoms with Crippen molar-refractivity contribution in [2.45, 2.75) is 20.8 Å². The van der Waals surface area contributed by atoms with Gasteiger partial charge in [-0.1, -0.05) is 24.3 Å². The first-order valence-electron chi connectivity index (χ1n) is 7.78. The minimum atomic E-state index is -0.714. The Morgan fingerprint density at radius 3 is 1.96 bits per heavy atom. The maximum absolute atomic E-state index is 12.2. The van der Waals surface area contributed by atoms with Crippen LogP contribution < -0.4 is 4.74 Å². The molecular weight excluding hydrogens is 336 g/mol. The van der Waals surface area contributed by atoms with Gasteiger partial charge in [-0.05, 0) is 43.2 Å². The van der Waals surface area contributed by atoms with Gasteiger partial charge in [0.25, 0.3) is 0 Å². The molecule has 26 heavy (non-hydrogen) atoms. The SMILES string of the molecule is CC(=O)Oc1c(C(C)=O)c(O)cc(C=Cc2ccc(O)cc2)c1C(C)=O. The molecular formula is C20H18O6. The molecule has 2 aromatic rings. The van der Waals surface area contributed by atoms with Gasteiger partial charge in [-0.3, -0.25) is 14.4 Å². The van der Waals surface area contributed by atoms with Crippen LogP contribution in [0, 0.1) is 0 Å². The number of carbonyl (C=O) groups is 3. The minimum absolute atomic E-state index is 0.0261. The number of hydrogen-bond donors (Lipinski definition) is 2. The molecule has 0 unspecified atom stereocenters. The molecule has 0 radical (unpaired) electrons. The molecule has 0 aliphatic heterocycles. The van der Waals surface area contributed by atoms with Gasteiger partial charge in [0.1, 0.15) is 17.1 Å². The van der Waals surface area contributed by atoms with Gasteiger partial charge in [0.05, 0.1) is 5.56 Å². The molecule has 6 heteroatoms. The highest BCUT2D eigenvalue weighted by molar-refractivity contribution is 6.09. The second-order valence-electron chi connectivity index (χ2n) is 5.69. The van der Waals surface area contributed by atoms with Gasteiger partial charge in [-0.25, -0.2) is 0 Å². The maximum Gasteiger partial charge on any atom is 0.308 e. The summed E-state index contributed by atoms with van der Waals surface area (Å²) in [4.78, 5) is 35.4. The van der Waals surface area contributed by atoms with Crippen LogP contribution in [-0.4, -0.2) is 27.7 Å². The summed E-state index contributed by atoms with van der Waals surface area (Å²) < 4.78 is 5.08. The van der Waals surface area contributed by atoms with E-state index in [9.17, 15) is 24.6 Å². The van der Waals surface area contributed by atoms with Crippen LogP contribution in [0.15, 0.2) is 30.3 Å². The fraction of sp³-hybridized carbons (Fsp3) is 0.150. The van der Waals surface area contributed by atoms with E-state index in [1.807, 2.05) is 0 Å². The number of esters is 1. The van der Waals surface area contributed by atoms with E-state index in [-0.39, 0.29) is 28.4 Å². The molecule has 0 saturated carbocycles. The molecule has 0 saturated heterocycles. The highest BCUT2D eigenvalue weighted by atomic mass is 16.5. The van der Waals surface area contributed by atoms with Crippen LogP contribution in [0.4, 0.5) is 0 Å². The van der Waals surface area contributed by atoms with E-state index < -0.39 is 17.5 Å². The third-order valence-corrected chi connectivity index (χ3v) is 3.59. The summed E-state index contributed by atoms with van der Waals surface area (Å²) in [6, 6.07) is 7.61. The summed E-state index contributed by atoms with van der Waals surface area (Å²) in [7, 11) is 0. The summed E-state index contributed by atoms with van der Waals surface area (Å²) in [6.07, 6.45) is 3.21. The lowest BCUT2D eigenvalue weighted by atomic mass is 9.95. The van der Waals surface area contributed by atoms with Gasteiger partial charge in [0.2, 0.25) is 0 Å². The number of ether oxygens (including phenoxy) is 1. The molecule has 0 heterocycles. The Morgan fingerprint density at radius 1 is 0.885 bits per heavy atom. The van der Waals surface area contributed by atoms with Crippen molar-refractivity contribution in [2.75, 3.05) is 0 Å². The fourth-order valence-corrected chi connectivity index (χ4v) is 2.52. The molecule has 0 spiro atoms. The van der Waals surface area contributed by atoms with Crippen LogP contribution in [0.3, 0.4) is 0 Å². The standard InChI is InChI=1S/C20H18O6/c1-11(21)18-15(7-4-14-5-8-16(24)9-6-14)10-17(25)19(12(2)22)20(18)26-13(3)23/h4-10,24-25H,1-3H3. The van der Waals surface area contributed by atoms with Crippen molar-refractivity contribution >= 4 is 29.7 Å². The van der Waals surface area contributed by atoms with E-state index in [0.717, 1.165) is 12.5 Å². The number of benzene rings is 2. The second kappa shape index (κ2) is 7.65. The van der Waals surface area contributed by atoms with Gasteiger partial charge in [-0.15, -0.1) is 0 Å². The molecule has 0 fully saturated rings. The van der Waals surface area contributed by atoms with Crippen molar-refractivity contribution in [3.05, 3.63) is 52.6 Å². The Balaban J connectivity index is 2.66. The van der Waals surface area contributed by atoms with Gasteiger partial charge >= 0.3 is 5.97 Å². The van der Waals surface area contributed by atoms with E-state index >= 15 is 0 Å². The molecule has 0 amide bonds. The van der Waals surface area contributed by atoms with Crippen molar-refractivity contribution < 1.29 is 29.3 Å². The summed E-state index contributed by atoms with van der Waals surface area (Å²) >= 11 is 0. The zero-order valence-corrected chi connectivity index (χ0v) is 14.6. The van der Waals surface area contributed by atoms with Crippen LogP contribution >= 0.6 is 0 Å². The van der Waals surface area contributed by atoms with Crippen molar-refractivity contribution in [3.8, 4) is 17.2 Å². The lowest BCUT2D eigenvalue weighted by molar-refractivity contribution is -0.131. The number of rotatable bonds is 5. The Hall–Kier alpha value is -3.41. The number of carbonyl (C=O) groups excluding carboxylic acids is 3. The molecule has 0 bridgehead atoms. The molecule has 0 atom stereocenters. The Kier molecular flexibility index (Phi) is 5.57. The fourth-order valence-electron chi connectivity index (χ4n) is 2.52. The van der Waals surface area contributed by atoms with Crippen LogP contribution in [0.25, 0.3) is 12.2 Å². The normalized spacial score (nSPS) is 10.7. The van der Waals surface area contributed by atoms with Crippen molar-refractivity contribution in [1.29, 1.82) is 0 Å². The van der Waals surface area contributed by atoms with E-state index in [4.69, 9.17) is 4.74 Å². The number of aromatic hydroxyl groups is 2. The van der Waals surface area contributed by atoms with Crippen LogP contribution in [-0.2, 0) is 4.79 Å². The van der Waals surface area contributed by atoms with E-state index in [1.54, 1.807) is 24.3 Å². The Bertz CT molecular complexity index is 907. The molecule has 0 aromatic heterocycles. The zero-order chi connectivity index (χ0) is 19.4. The zero-order valence-electron chi connectivity index (χ0n) is 14.6. The van der Waals surface area contributed by atoms with Crippen LogP contribution in [0.2, 0.25) is 0 Å². The van der Waals surface area contributed by atoms with E-state index in [2.05, 4.69) is 0 Å². The summed E-state index contributed by atoms with van der Waals surface area (Å²) in [5, 5.41) is 19.5. The molecule has 2 N–H and O–H groups in total. The third kappa shape index (κ3) is 4.16. The predicted molar refractivity (Wildman–Crippen MR) is 96.5 cm³/mol. The second-order valence-corrected chi connectivity index (χ2v) is 5.69. The monoisotopic (exact) mass is 354 g/mol. The molecule has 0 aliphatic rings. The average molecular weight is 354 g/mol. The first-order chi connectivity index (χ1) is 12.2. The molecule has 134 valence electrons. The topological polar surface area (TPSA) is 101 Å². The highest BCUT2D eigenvalue weighted by Gasteiger charge is 2.25. The molecule has 6 nitrogen and oxygen atoms in total. The maximum atomic E-state index is 12.2. The van der Waals surface area contributed by atoms with E-state index in [1.165, 1.54) is 32.0 Å². The molecule has 2 aromatic carbocycles. The lowest BCUT2D eigenvalue weighted by Gasteiger charge is -2.15. The Morgan fingerprint density at radius 2 is 1.46 bits per heavy atom. The molecule has 0 aliphatic carbocycles. The summed E-state index contributed by atoms with van der Waals surface area (Å²) in [6.45, 7) is 3.63. The quantitative estimate of drug-likeness (QED) is 0.368. The van der Waals surface area contributed by atoms with Crippen molar-refractivity contribution in [3.63, 3.8) is 0 Å².